The van der Waals surface area contributed by atoms with Crippen LogP contribution in [0.25, 0.3) is 17.2 Å². The van der Waals surface area contributed by atoms with E-state index in [0.717, 1.165) is 46.1 Å². The summed E-state index contributed by atoms with van der Waals surface area (Å²) in [6.45, 7) is 10.2. The Bertz CT molecular complexity index is 1870. The lowest BCUT2D eigenvalue weighted by Gasteiger charge is -2.30. The predicted molar refractivity (Wildman–Crippen MR) is 191 cm³/mol. The number of nitrogens with zero attached hydrogens (tertiary/aromatic N) is 2. The van der Waals surface area contributed by atoms with Gasteiger partial charge in [-0.3, -0.25) is 0 Å². The van der Waals surface area contributed by atoms with Gasteiger partial charge in [0.1, 0.15) is 11.5 Å². The average Bonchev–Trinajstić information content (AvgIpc) is 3.22. The van der Waals surface area contributed by atoms with Crippen molar-refractivity contribution >= 4 is 28.8 Å². The van der Waals surface area contributed by atoms with Gasteiger partial charge in [-0.25, -0.2) is 0 Å². The Hall–Kier alpha value is -5.80. The fourth-order valence-corrected chi connectivity index (χ4v) is 5.53. The van der Waals surface area contributed by atoms with Crippen molar-refractivity contribution in [3.63, 3.8) is 0 Å². The number of anilines is 4. The third kappa shape index (κ3) is 6.90. The van der Waals surface area contributed by atoms with Crippen LogP contribution in [0.1, 0.15) is 18.9 Å². The quantitative estimate of drug-likeness (QED) is 0.232. The highest BCUT2D eigenvalue weighted by molar-refractivity contribution is 5.84. The molecule has 3 heteroatoms. The molecule has 2 aliphatic heterocycles. The number of allylic oxidation sites excluding steroid dienone is 10. The molecule has 0 atom stereocenters. The highest BCUT2D eigenvalue weighted by Crippen LogP contribution is 2.40. The molecular weight excluding hydrogens is 548 g/mol. The lowest BCUT2D eigenvalue weighted by molar-refractivity contribution is 0.340. The highest BCUT2D eigenvalue weighted by Gasteiger charge is 2.20. The number of para-hydroxylation sites is 1. The second-order valence-corrected chi connectivity index (χ2v) is 10.8. The maximum Gasteiger partial charge on any atom is 0.120 e. The van der Waals surface area contributed by atoms with E-state index in [1.807, 2.05) is 30.4 Å². The van der Waals surface area contributed by atoms with E-state index < -0.39 is 0 Å². The summed E-state index contributed by atoms with van der Waals surface area (Å²) in [6.07, 6.45) is 21.3. The van der Waals surface area contributed by atoms with Crippen LogP contribution in [-0.4, -0.2) is 0 Å². The average molecular weight is 585 g/mol. The second kappa shape index (κ2) is 13.7. The maximum absolute atomic E-state index is 5.76. The lowest BCUT2D eigenvalue weighted by Crippen LogP contribution is -2.20. The summed E-state index contributed by atoms with van der Waals surface area (Å²) >= 11 is 0. The van der Waals surface area contributed by atoms with E-state index in [1.54, 1.807) is 0 Å². The third-order valence-corrected chi connectivity index (χ3v) is 7.68. The molecule has 4 aromatic carbocycles. The Morgan fingerprint density at radius 1 is 0.644 bits per heavy atom. The molecule has 0 bridgehead atoms. The number of hydrogen-bond acceptors (Lipinski definition) is 3. The fraction of sp³-hybridized carbons (Fsp3) is 0.0476. The van der Waals surface area contributed by atoms with Crippen molar-refractivity contribution in [2.75, 3.05) is 9.80 Å². The van der Waals surface area contributed by atoms with E-state index in [2.05, 4.69) is 163 Å². The van der Waals surface area contributed by atoms with Crippen molar-refractivity contribution < 1.29 is 4.74 Å². The molecule has 2 heterocycles. The predicted octanol–water partition coefficient (Wildman–Crippen LogP) is 11.6. The molecule has 0 saturated carbocycles. The zero-order chi connectivity index (χ0) is 31.0. The summed E-state index contributed by atoms with van der Waals surface area (Å²) < 4.78 is 5.76. The van der Waals surface area contributed by atoms with Gasteiger partial charge in [0.05, 0.1) is 5.69 Å². The summed E-state index contributed by atoms with van der Waals surface area (Å²) in [6, 6.07) is 36.5. The minimum Gasteiger partial charge on any atom is -0.459 e. The van der Waals surface area contributed by atoms with E-state index in [1.165, 1.54) is 11.1 Å². The minimum atomic E-state index is 0.530. The number of benzene rings is 4. The van der Waals surface area contributed by atoms with Crippen molar-refractivity contribution in [2.24, 2.45) is 0 Å². The van der Waals surface area contributed by atoms with Crippen LogP contribution in [0.5, 0.6) is 0 Å². The van der Waals surface area contributed by atoms with Crippen molar-refractivity contribution in [1.29, 1.82) is 0 Å². The van der Waals surface area contributed by atoms with Crippen molar-refractivity contribution in [2.45, 2.75) is 13.3 Å². The molecule has 3 nitrogen and oxygen atoms in total. The molecule has 45 heavy (non-hydrogen) atoms. The lowest BCUT2D eigenvalue weighted by atomic mass is 10.0. The summed E-state index contributed by atoms with van der Waals surface area (Å²) in [7, 11) is 0. The first kappa shape index (κ1) is 29.3. The molecule has 0 amide bonds. The van der Waals surface area contributed by atoms with Gasteiger partial charge in [-0.15, -0.1) is 0 Å². The minimum absolute atomic E-state index is 0.530. The third-order valence-electron chi connectivity index (χ3n) is 7.68. The molecule has 4 aromatic rings. The van der Waals surface area contributed by atoms with Crippen molar-refractivity contribution in [3.8, 4) is 11.1 Å². The summed E-state index contributed by atoms with van der Waals surface area (Å²) in [5, 5.41) is 0. The van der Waals surface area contributed by atoms with Crippen molar-refractivity contribution in [3.05, 3.63) is 199 Å². The molecule has 0 aromatic heterocycles. The zero-order valence-corrected chi connectivity index (χ0v) is 25.5. The number of fused-ring (bicyclic) bond motifs is 1. The van der Waals surface area contributed by atoms with Crippen LogP contribution in [-0.2, 0) is 4.74 Å². The largest absolute Gasteiger partial charge is 0.459 e. The van der Waals surface area contributed by atoms with Gasteiger partial charge in [-0.05, 0) is 91.2 Å². The van der Waals surface area contributed by atoms with Gasteiger partial charge < -0.3 is 14.5 Å². The SMILES string of the molecule is C=C1/C=C\C=C/C/C=C(N2C(C)=CC=Cc3cc(N(c4ccccc4)c4ccc(-c5ccccc5)cc4)ccc32)\C=C/C(=C)O1. The first-order chi connectivity index (χ1) is 22.1. The number of hydrogen-bond donors (Lipinski definition) is 0. The van der Waals surface area contributed by atoms with Gasteiger partial charge in [0.2, 0.25) is 0 Å². The van der Waals surface area contributed by atoms with E-state index in [-0.39, 0.29) is 0 Å². The first-order valence-electron chi connectivity index (χ1n) is 15.1. The van der Waals surface area contributed by atoms with Crippen LogP contribution in [0.4, 0.5) is 22.7 Å². The molecule has 0 fully saturated rings. The van der Waals surface area contributed by atoms with Crippen LogP contribution < -0.4 is 9.80 Å². The Morgan fingerprint density at radius 2 is 1.31 bits per heavy atom. The summed E-state index contributed by atoms with van der Waals surface area (Å²) in [5.74, 6) is 1.08. The monoisotopic (exact) mass is 584 g/mol. The van der Waals surface area contributed by atoms with E-state index in [4.69, 9.17) is 4.74 Å². The zero-order valence-electron chi connectivity index (χ0n) is 25.5. The molecule has 0 radical (unpaired) electrons. The summed E-state index contributed by atoms with van der Waals surface area (Å²) in [5.41, 5.74) is 10.0. The normalized spacial score (nSPS) is 18.1. The Morgan fingerprint density at radius 3 is 2.09 bits per heavy atom. The molecule has 220 valence electrons. The van der Waals surface area contributed by atoms with Crippen LogP contribution in [0.15, 0.2) is 194 Å². The Labute approximate surface area is 266 Å². The van der Waals surface area contributed by atoms with Gasteiger partial charge >= 0.3 is 0 Å². The molecule has 6 rings (SSSR count). The second-order valence-electron chi connectivity index (χ2n) is 10.8. The van der Waals surface area contributed by atoms with Crippen LogP contribution >= 0.6 is 0 Å². The van der Waals surface area contributed by atoms with Crippen LogP contribution in [0, 0.1) is 0 Å². The van der Waals surface area contributed by atoms with Gasteiger partial charge in [-0.2, -0.15) is 0 Å². The van der Waals surface area contributed by atoms with Gasteiger partial charge in [0, 0.05) is 34.0 Å². The fourth-order valence-electron chi connectivity index (χ4n) is 5.53. The van der Waals surface area contributed by atoms with Gasteiger partial charge in [-0.1, -0.05) is 110 Å². The number of ether oxygens (including phenoxy) is 1. The molecule has 0 unspecified atom stereocenters. The molecule has 2 aliphatic rings. The molecular formula is C42H36N2O. The topological polar surface area (TPSA) is 15.7 Å². The molecule has 0 aliphatic carbocycles. The van der Waals surface area contributed by atoms with Crippen LogP contribution in [0.3, 0.4) is 0 Å². The van der Waals surface area contributed by atoms with Crippen molar-refractivity contribution in [1.82, 2.24) is 0 Å². The standard InChI is InChI=1S/C42H36N2O/c1-32-15-14-19-37-31-41(29-30-42(37)43(32)39-22-11-5-4-8-16-33(2)45-34(3)23-26-39)44(38-20-12-7-13-21-38)40-27-24-36(25-28-40)35-17-9-6-10-18-35/h4-10,12-31H,2-3,11H2,1H3/b5-4-,16-8-,26-23-,39-22+. The van der Waals surface area contributed by atoms with E-state index in [9.17, 15) is 0 Å². The molecule has 0 spiro atoms. The van der Waals surface area contributed by atoms with Crippen LogP contribution in [0.2, 0.25) is 0 Å². The number of rotatable bonds is 5. The molecule has 0 N–H and O–H groups in total. The summed E-state index contributed by atoms with van der Waals surface area (Å²) in [4.78, 5) is 4.59. The maximum atomic E-state index is 5.76. The van der Waals surface area contributed by atoms with Gasteiger partial charge in [0.15, 0.2) is 0 Å². The van der Waals surface area contributed by atoms with Gasteiger partial charge in [0.25, 0.3) is 0 Å². The molecule has 0 saturated heterocycles. The van der Waals surface area contributed by atoms with E-state index >= 15 is 0 Å². The highest BCUT2D eigenvalue weighted by atomic mass is 16.5. The van der Waals surface area contributed by atoms with E-state index in [0.29, 0.717) is 11.5 Å². The Balaban J connectivity index is 1.40. The Kier molecular flexibility index (Phi) is 8.89. The first-order valence-corrected chi connectivity index (χ1v) is 15.1. The smallest absolute Gasteiger partial charge is 0.120 e.